The van der Waals surface area contributed by atoms with E-state index in [0.717, 1.165) is 22.5 Å². The highest BCUT2D eigenvalue weighted by Crippen LogP contribution is 2.43. The Morgan fingerprint density at radius 1 is 0.714 bits per heavy atom. The van der Waals surface area contributed by atoms with E-state index in [-0.39, 0.29) is 35.5 Å². The third kappa shape index (κ3) is 2.24. The number of allylic oxidation sites excluding steroid dienone is 4. The van der Waals surface area contributed by atoms with Crippen molar-refractivity contribution in [2.45, 2.75) is 25.9 Å². The van der Waals surface area contributed by atoms with Gasteiger partial charge in [-0.25, -0.2) is 0 Å². The molecule has 4 heteroatoms. The van der Waals surface area contributed by atoms with Gasteiger partial charge in [0.25, 0.3) is 0 Å². The first-order valence-electron chi connectivity index (χ1n) is 9.82. The Morgan fingerprint density at radius 2 is 1.11 bits per heavy atom. The van der Waals surface area contributed by atoms with Crippen LogP contribution in [-0.2, 0) is 0 Å². The fourth-order valence-corrected chi connectivity index (χ4v) is 5.02. The zero-order valence-corrected chi connectivity index (χ0v) is 16.6. The SMILES string of the molecule is CC1=CC2C(C=C1)C(=O)c1cc3c(cc1N2C)C(=O)C1C=CC(C)=CC1N3C. The Bertz CT molecular complexity index is 959. The van der Waals surface area contributed by atoms with E-state index in [4.69, 9.17) is 0 Å². The van der Waals surface area contributed by atoms with Crippen LogP contribution in [0.1, 0.15) is 34.6 Å². The van der Waals surface area contributed by atoms with Crippen LogP contribution in [-0.4, -0.2) is 37.7 Å². The number of nitrogens with zero attached hydrogens (tertiary/aromatic N) is 2. The summed E-state index contributed by atoms with van der Waals surface area (Å²) >= 11 is 0. The fraction of sp³-hybridized carbons (Fsp3) is 0.333. The smallest absolute Gasteiger partial charge is 0.174 e. The number of Topliss-reactive ketones (excluding diaryl/α,β-unsaturated/α-hetero) is 2. The van der Waals surface area contributed by atoms with Gasteiger partial charge < -0.3 is 9.80 Å². The van der Waals surface area contributed by atoms with Crippen LogP contribution in [0.15, 0.2) is 59.7 Å². The van der Waals surface area contributed by atoms with Crippen molar-refractivity contribution < 1.29 is 9.59 Å². The van der Waals surface area contributed by atoms with Crippen molar-refractivity contribution in [1.29, 1.82) is 0 Å². The maximum Gasteiger partial charge on any atom is 0.174 e. The first-order chi connectivity index (χ1) is 13.4. The summed E-state index contributed by atoms with van der Waals surface area (Å²) in [5, 5.41) is 0. The van der Waals surface area contributed by atoms with Crippen molar-refractivity contribution >= 4 is 22.9 Å². The number of hydrogen-bond acceptors (Lipinski definition) is 4. The van der Waals surface area contributed by atoms with Gasteiger partial charge in [0.05, 0.1) is 23.9 Å². The van der Waals surface area contributed by atoms with E-state index in [2.05, 4.69) is 35.8 Å². The topological polar surface area (TPSA) is 40.6 Å². The van der Waals surface area contributed by atoms with Gasteiger partial charge in [-0.2, -0.15) is 0 Å². The molecule has 0 aromatic heterocycles. The second kappa shape index (κ2) is 5.81. The van der Waals surface area contributed by atoms with Gasteiger partial charge in [-0.3, -0.25) is 9.59 Å². The Hall–Kier alpha value is -2.88. The van der Waals surface area contributed by atoms with E-state index < -0.39 is 0 Å². The van der Waals surface area contributed by atoms with Crippen LogP contribution in [0.2, 0.25) is 0 Å². The fourth-order valence-electron chi connectivity index (χ4n) is 5.02. The Balaban J connectivity index is 1.67. The van der Waals surface area contributed by atoms with Crippen LogP contribution < -0.4 is 9.80 Å². The Morgan fingerprint density at radius 3 is 1.50 bits per heavy atom. The van der Waals surface area contributed by atoms with Crippen LogP contribution in [0.25, 0.3) is 0 Å². The summed E-state index contributed by atoms with van der Waals surface area (Å²) in [7, 11) is 4.04. The molecular formula is C24H24N2O2. The van der Waals surface area contributed by atoms with Crippen LogP contribution >= 0.6 is 0 Å². The monoisotopic (exact) mass is 372 g/mol. The van der Waals surface area contributed by atoms with Crippen molar-refractivity contribution in [1.82, 2.24) is 0 Å². The van der Waals surface area contributed by atoms with Crippen molar-refractivity contribution in [2.75, 3.05) is 23.9 Å². The number of likely N-dealkylation sites (N-methyl/N-ethyl adjacent to an activating group) is 2. The molecule has 0 fully saturated rings. The zero-order chi connectivity index (χ0) is 19.7. The third-order valence-corrected chi connectivity index (χ3v) is 6.64. The molecule has 0 radical (unpaired) electrons. The summed E-state index contributed by atoms with van der Waals surface area (Å²) in [6.07, 6.45) is 12.4. The number of fused-ring (bicyclic) bond motifs is 4. The lowest BCUT2D eigenvalue weighted by Crippen LogP contribution is -2.48. The minimum atomic E-state index is -0.170. The van der Waals surface area contributed by atoms with Gasteiger partial charge in [0.15, 0.2) is 11.6 Å². The van der Waals surface area contributed by atoms with Crippen molar-refractivity contribution in [3.8, 4) is 0 Å². The average Bonchev–Trinajstić information content (AvgIpc) is 2.69. The molecule has 0 N–H and O–H groups in total. The quantitative estimate of drug-likeness (QED) is 0.691. The molecule has 0 spiro atoms. The van der Waals surface area contributed by atoms with Crippen molar-refractivity contribution in [3.05, 3.63) is 70.9 Å². The number of carbonyl (C=O) groups is 2. The van der Waals surface area contributed by atoms with E-state index in [1.807, 2.05) is 50.5 Å². The first kappa shape index (κ1) is 17.2. The molecule has 28 heavy (non-hydrogen) atoms. The lowest BCUT2D eigenvalue weighted by molar-refractivity contribution is 0.0915. The van der Waals surface area contributed by atoms with Gasteiger partial charge in [-0.15, -0.1) is 0 Å². The molecule has 4 unspecified atom stereocenters. The summed E-state index contributed by atoms with van der Waals surface area (Å²) < 4.78 is 0. The minimum Gasteiger partial charge on any atom is -0.366 e. The van der Waals surface area contributed by atoms with E-state index in [0.29, 0.717) is 11.1 Å². The number of hydrogen-bond donors (Lipinski definition) is 0. The molecule has 0 saturated heterocycles. The van der Waals surface area contributed by atoms with Gasteiger partial charge in [0.1, 0.15) is 0 Å². The van der Waals surface area contributed by atoms with Gasteiger partial charge in [0, 0.05) is 36.6 Å². The predicted molar refractivity (Wildman–Crippen MR) is 112 cm³/mol. The third-order valence-electron chi connectivity index (χ3n) is 6.64. The normalized spacial score (nSPS) is 30.3. The van der Waals surface area contributed by atoms with Crippen LogP contribution in [0.4, 0.5) is 11.4 Å². The van der Waals surface area contributed by atoms with Gasteiger partial charge in [-0.05, 0) is 26.0 Å². The number of benzene rings is 1. The van der Waals surface area contributed by atoms with E-state index >= 15 is 0 Å². The first-order valence-corrected chi connectivity index (χ1v) is 9.82. The molecule has 1 aromatic rings. The molecule has 5 rings (SSSR count). The molecule has 0 saturated carbocycles. The number of ketones is 2. The van der Waals surface area contributed by atoms with E-state index in [1.54, 1.807) is 0 Å². The maximum absolute atomic E-state index is 13.3. The van der Waals surface area contributed by atoms with E-state index in [1.165, 1.54) is 0 Å². The number of carbonyl (C=O) groups excluding carboxylic acids is 2. The minimum absolute atomic E-state index is 0.00683. The number of rotatable bonds is 0. The van der Waals surface area contributed by atoms with Gasteiger partial charge >= 0.3 is 0 Å². The molecule has 142 valence electrons. The molecule has 2 heterocycles. The molecule has 2 aliphatic heterocycles. The summed E-state index contributed by atoms with van der Waals surface area (Å²) in [5.74, 6) is -0.0639. The highest BCUT2D eigenvalue weighted by atomic mass is 16.1. The highest BCUT2D eigenvalue weighted by molar-refractivity contribution is 6.13. The highest BCUT2D eigenvalue weighted by Gasteiger charge is 2.42. The van der Waals surface area contributed by atoms with Gasteiger partial charge in [0.2, 0.25) is 0 Å². The largest absolute Gasteiger partial charge is 0.366 e. The molecular weight excluding hydrogens is 348 g/mol. The molecule has 0 amide bonds. The summed E-state index contributed by atoms with van der Waals surface area (Å²) in [4.78, 5) is 30.9. The molecule has 2 aliphatic carbocycles. The second-order valence-corrected chi connectivity index (χ2v) is 8.41. The molecule has 4 atom stereocenters. The van der Waals surface area contributed by atoms with E-state index in [9.17, 15) is 9.59 Å². The Kier molecular flexibility index (Phi) is 3.57. The summed E-state index contributed by atoms with van der Waals surface area (Å²) in [6, 6.07) is 3.89. The summed E-state index contributed by atoms with van der Waals surface area (Å²) in [6.45, 7) is 4.11. The average molecular weight is 372 g/mol. The molecule has 0 bridgehead atoms. The van der Waals surface area contributed by atoms with Crippen LogP contribution in [0, 0.1) is 11.8 Å². The number of anilines is 2. The Labute approximate surface area is 165 Å². The predicted octanol–water partition coefficient (Wildman–Crippen LogP) is 3.95. The van der Waals surface area contributed by atoms with Crippen molar-refractivity contribution in [2.24, 2.45) is 11.8 Å². The van der Waals surface area contributed by atoms with Crippen LogP contribution in [0.3, 0.4) is 0 Å². The maximum atomic E-state index is 13.3. The van der Waals surface area contributed by atoms with Gasteiger partial charge in [-0.1, -0.05) is 47.6 Å². The van der Waals surface area contributed by atoms with Crippen LogP contribution in [0.5, 0.6) is 0 Å². The molecule has 1 aromatic carbocycles. The lowest BCUT2D eigenvalue weighted by atomic mass is 9.77. The lowest BCUT2D eigenvalue weighted by Gasteiger charge is -2.43. The summed E-state index contributed by atoms with van der Waals surface area (Å²) in [5.41, 5.74) is 5.47. The molecule has 4 nitrogen and oxygen atoms in total. The standard InChI is InChI=1S/C24H24N2O2/c1-13-5-7-15-19(9-13)25(3)21-11-18-22(12-17(21)23(15)27)26(4)20-10-14(2)6-8-16(20)24(18)28/h5-12,15-16,19-20H,1-4H3. The zero-order valence-electron chi connectivity index (χ0n) is 16.6. The van der Waals surface area contributed by atoms with Crippen molar-refractivity contribution in [3.63, 3.8) is 0 Å². The second-order valence-electron chi connectivity index (χ2n) is 8.41. The molecule has 4 aliphatic rings.